The molecule has 166 valence electrons. The zero-order valence-corrected chi connectivity index (χ0v) is 18.0. The Balaban J connectivity index is 2.06. The highest BCUT2D eigenvalue weighted by Gasteiger charge is 2.31. The van der Waals surface area contributed by atoms with Gasteiger partial charge >= 0.3 is 10.1 Å². The van der Waals surface area contributed by atoms with Crippen LogP contribution in [0.15, 0.2) is 53.8 Å². The summed E-state index contributed by atoms with van der Waals surface area (Å²) in [5.41, 5.74) is 1.34. The van der Waals surface area contributed by atoms with Gasteiger partial charge in [0.25, 0.3) is 0 Å². The number of aliphatic hydroxyl groups is 1. The molecule has 10 heteroatoms. The van der Waals surface area contributed by atoms with Crippen LogP contribution >= 0.6 is 0 Å². The van der Waals surface area contributed by atoms with E-state index in [9.17, 15) is 12.8 Å². The predicted octanol–water partition coefficient (Wildman–Crippen LogP) is 2.87. The Bertz CT molecular complexity index is 1120. The van der Waals surface area contributed by atoms with Crippen molar-refractivity contribution in [2.24, 2.45) is 0 Å². The van der Waals surface area contributed by atoms with Crippen molar-refractivity contribution in [1.82, 2.24) is 14.5 Å². The summed E-state index contributed by atoms with van der Waals surface area (Å²) in [6, 6.07) is 8.54. The lowest BCUT2D eigenvalue weighted by atomic mass is 10.1. The van der Waals surface area contributed by atoms with Crippen LogP contribution in [0.5, 0.6) is 5.75 Å². The van der Waals surface area contributed by atoms with Crippen molar-refractivity contribution in [3.63, 3.8) is 0 Å². The van der Waals surface area contributed by atoms with Gasteiger partial charge in [-0.2, -0.15) is 8.42 Å². The van der Waals surface area contributed by atoms with E-state index in [-0.39, 0.29) is 36.5 Å². The minimum absolute atomic E-state index is 0.000842. The van der Waals surface area contributed by atoms with E-state index in [0.29, 0.717) is 18.1 Å². The second-order valence-corrected chi connectivity index (χ2v) is 8.55. The van der Waals surface area contributed by atoms with E-state index in [0.717, 1.165) is 11.6 Å². The van der Waals surface area contributed by atoms with Crippen LogP contribution in [0.1, 0.15) is 36.8 Å². The Kier molecular flexibility index (Phi) is 7.37. The van der Waals surface area contributed by atoms with Gasteiger partial charge in [-0.1, -0.05) is 19.9 Å². The van der Waals surface area contributed by atoms with E-state index >= 15 is 0 Å². The minimum Gasteiger partial charge on any atom is -0.394 e. The van der Waals surface area contributed by atoms with Gasteiger partial charge in [0.15, 0.2) is 0 Å². The molecule has 0 fully saturated rings. The molecular formula is C21H24FN3O5S. The highest BCUT2D eigenvalue weighted by Crippen LogP contribution is 2.29. The summed E-state index contributed by atoms with van der Waals surface area (Å²) in [6.07, 6.45) is 3.29. The number of aliphatic hydroxyl groups excluding tert-OH is 1. The highest BCUT2D eigenvalue weighted by atomic mass is 32.2. The largest absolute Gasteiger partial charge is 0.394 e. The molecule has 0 spiro atoms. The molecule has 3 aromatic rings. The first-order valence-corrected chi connectivity index (χ1v) is 11.1. The molecule has 0 atom stereocenters. The van der Waals surface area contributed by atoms with Crippen LogP contribution in [0.3, 0.4) is 0 Å². The fourth-order valence-corrected chi connectivity index (χ4v) is 4.36. The summed E-state index contributed by atoms with van der Waals surface area (Å²) >= 11 is 0. The van der Waals surface area contributed by atoms with Gasteiger partial charge < -0.3 is 18.6 Å². The Morgan fingerprint density at radius 2 is 1.94 bits per heavy atom. The quantitative estimate of drug-likeness (QED) is 0.375. The SMILES string of the molecule is CC(C)c1c(S(=O)(=O)Oc2cccc(F)c2)nc(COCCO)n1Cc1ccncc1. The average Bonchev–Trinajstić information content (AvgIpc) is 3.08. The third kappa shape index (κ3) is 5.66. The van der Waals surface area contributed by atoms with Gasteiger partial charge in [0.05, 0.1) is 18.9 Å². The van der Waals surface area contributed by atoms with Crippen LogP contribution in [-0.4, -0.2) is 41.3 Å². The number of benzene rings is 1. The number of pyridine rings is 1. The van der Waals surface area contributed by atoms with Crippen molar-refractivity contribution in [2.45, 2.75) is 37.9 Å². The molecule has 3 rings (SSSR count). The third-order valence-electron chi connectivity index (χ3n) is 4.39. The molecule has 0 unspecified atom stereocenters. The molecule has 0 radical (unpaired) electrons. The Hall–Kier alpha value is -2.82. The molecule has 0 aliphatic rings. The summed E-state index contributed by atoms with van der Waals surface area (Å²) in [4.78, 5) is 8.33. The Labute approximate surface area is 180 Å². The van der Waals surface area contributed by atoms with Crippen LogP contribution < -0.4 is 4.18 Å². The van der Waals surface area contributed by atoms with Crippen LogP contribution in [0, 0.1) is 5.82 Å². The molecule has 2 heterocycles. The summed E-state index contributed by atoms with van der Waals surface area (Å²) in [5.74, 6) is -0.605. The molecular weight excluding hydrogens is 425 g/mol. The fourth-order valence-electron chi connectivity index (χ4n) is 3.10. The minimum atomic E-state index is -4.35. The van der Waals surface area contributed by atoms with E-state index in [2.05, 4.69) is 9.97 Å². The number of rotatable bonds is 10. The van der Waals surface area contributed by atoms with E-state index in [1.54, 1.807) is 17.0 Å². The molecule has 8 nitrogen and oxygen atoms in total. The molecule has 0 aliphatic carbocycles. The predicted molar refractivity (Wildman–Crippen MR) is 111 cm³/mol. The van der Waals surface area contributed by atoms with Gasteiger partial charge in [-0.15, -0.1) is 0 Å². The van der Waals surface area contributed by atoms with Gasteiger partial charge in [-0.05, 0) is 35.7 Å². The van der Waals surface area contributed by atoms with Gasteiger partial charge in [-0.3, -0.25) is 4.98 Å². The number of hydrogen-bond acceptors (Lipinski definition) is 7. The van der Waals surface area contributed by atoms with Crippen LogP contribution in [0.2, 0.25) is 0 Å². The fraction of sp³-hybridized carbons (Fsp3) is 0.333. The van der Waals surface area contributed by atoms with E-state index in [1.165, 1.54) is 18.2 Å². The number of hydrogen-bond donors (Lipinski definition) is 1. The van der Waals surface area contributed by atoms with Crippen LogP contribution in [0.25, 0.3) is 0 Å². The van der Waals surface area contributed by atoms with E-state index < -0.39 is 15.9 Å². The van der Waals surface area contributed by atoms with Crippen molar-refractivity contribution >= 4 is 10.1 Å². The Morgan fingerprint density at radius 3 is 2.58 bits per heavy atom. The molecule has 0 aliphatic heterocycles. The van der Waals surface area contributed by atoms with Gasteiger partial charge in [0, 0.05) is 25.0 Å². The summed E-state index contributed by atoms with van der Waals surface area (Å²) in [5, 5.41) is 8.76. The van der Waals surface area contributed by atoms with Crippen molar-refractivity contribution < 1.29 is 26.8 Å². The molecule has 31 heavy (non-hydrogen) atoms. The van der Waals surface area contributed by atoms with Gasteiger partial charge in [0.2, 0.25) is 5.03 Å². The third-order valence-corrected chi connectivity index (χ3v) is 5.58. The first-order chi connectivity index (χ1) is 14.8. The van der Waals surface area contributed by atoms with Crippen molar-refractivity contribution in [2.75, 3.05) is 13.2 Å². The molecule has 1 aromatic carbocycles. The maximum Gasteiger partial charge on any atom is 0.358 e. The van der Waals surface area contributed by atoms with Crippen molar-refractivity contribution in [1.29, 1.82) is 0 Å². The highest BCUT2D eigenvalue weighted by molar-refractivity contribution is 7.87. The van der Waals surface area contributed by atoms with Gasteiger partial charge in [0.1, 0.15) is 24.0 Å². The number of nitrogens with zero attached hydrogens (tertiary/aromatic N) is 3. The number of imidazole rings is 1. The second-order valence-electron chi connectivity index (χ2n) is 7.09. The molecule has 0 bridgehead atoms. The first-order valence-electron chi connectivity index (χ1n) is 9.68. The summed E-state index contributed by atoms with van der Waals surface area (Å²) < 4.78 is 52.0. The number of aromatic nitrogens is 3. The topological polar surface area (TPSA) is 104 Å². The summed E-state index contributed by atoms with van der Waals surface area (Å²) in [7, 11) is -4.35. The van der Waals surface area contributed by atoms with Crippen LogP contribution in [0.4, 0.5) is 4.39 Å². The number of halogens is 1. The lowest BCUT2D eigenvalue weighted by Gasteiger charge is -2.15. The lowest BCUT2D eigenvalue weighted by molar-refractivity contribution is 0.0760. The van der Waals surface area contributed by atoms with Gasteiger partial charge in [-0.25, -0.2) is 9.37 Å². The monoisotopic (exact) mass is 449 g/mol. The maximum absolute atomic E-state index is 13.5. The average molecular weight is 450 g/mol. The van der Waals surface area contributed by atoms with E-state index in [1.807, 2.05) is 26.0 Å². The maximum atomic E-state index is 13.5. The molecule has 0 saturated heterocycles. The standard InChI is InChI=1S/C21H24FN3O5S/c1-15(2)20-21(31(27,28)30-18-5-3-4-17(22)12-18)24-19(14-29-11-10-26)25(20)13-16-6-8-23-9-7-16/h3-9,12,15,26H,10-11,13-14H2,1-2H3. The zero-order chi connectivity index (χ0) is 22.4. The normalized spacial score (nSPS) is 11.8. The molecule has 0 saturated carbocycles. The smallest absolute Gasteiger partial charge is 0.358 e. The first kappa shape index (κ1) is 22.9. The van der Waals surface area contributed by atoms with E-state index in [4.69, 9.17) is 14.0 Å². The molecule has 2 aromatic heterocycles. The Morgan fingerprint density at radius 1 is 1.19 bits per heavy atom. The van der Waals surface area contributed by atoms with Crippen LogP contribution in [-0.2, 0) is 28.0 Å². The van der Waals surface area contributed by atoms with Crippen molar-refractivity contribution in [3.05, 3.63) is 71.7 Å². The number of ether oxygens (including phenoxy) is 1. The second kappa shape index (κ2) is 9.99. The van der Waals surface area contributed by atoms with Crippen molar-refractivity contribution in [3.8, 4) is 5.75 Å². The summed E-state index contributed by atoms with van der Waals surface area (Å²) in [6.45, 7) is 3.95. The zero-order valence-electron chi connectivity index (χ0n) is 17.2. The lowest BCUT2D eigenvalue weighted by Crippen LogP contribution is -2.15. The molecule has 1 N–H and O–H groups in total. The molecule has 0 amide bonds.